The molecule has 8 heteroatoms. The summed E-state index contributed by atoms with van der Waals surface area (Å²) in [5.74, 6) is -3.66. The van der Waals surface area contributed by atoms with Gasteiger partial charge in [0, 0.05) is 0 Å². The molecular formula is C11H15FO7. The molecule has 2 aliphatic rings. The molecule has 3 atom stereocenters. The number of fused-ring (bicyclic) bond motifs is 1. The van der Waals surface area contributed by atoms with Gasteiger partial charge in [-0.1, -0.05) is 13.8 Å². The molecule has 108 valence electrons. The summed E-state index contributed by atoms with van der Waals surface area (Å²) in [6, 6.07) is 0. The van der Waals surface area contributed by atoms with Crippen LogP contribution in [-0.4, -0.2) is 59.0 Å². The summed E-state index contributed by atoms with van der Waals surface area (Å²) in [7, 11) is 0. The van der Waals surface area contributed by atoms with Crippen LogP contribution in [0.3, 0.4) is 0 Å². The van der Waals surface area contributed by atoms with Crippen LogP contribution >= 0.6 is 0 Å². The second-order valence-electron chi connectivity index (χ2n) is 5.16. The summed E-state index contributed by atoms with van der Waals surface area (Å²) in [5, 5.41) is 19.6. The summed E-state index contributed by atoms with van der Waals surface area (Å²) in [4.78, 5) is 22.3. The van der Waals surface area contributed by atoms with Gasteiger partial charge in [0.25, 0.3) is 0 Å². The molecule has 1 saturated heterocycles. The van der Waals surface area contributed by atoms with Gasteiger partial charge in [0.15, 0.2) is 6.61 Å². The molecule has 1 heterocycles. The van der Waals surface area contributed by atoms with Gasteiger partial charge in [0.05, 0.1) is 13.2 Å². The van der Waals surface area contributed by atoms with Gasteiger partial charge in [-0.15, -0.1) is 0 Å². The average molecular weight is 278 g/mol. The first kappa shape index (κ1) is 14.2. The quantitative estimate of drug-likeness (QED) is 0.670. The van der Waals surface area contributed by atoms with Gasteiger partial charge in [0.1, 0.15) is 0 Å². The van der Waals surface area contributed by atoms with Crippen molar-refractivity contribution in [3.63, 3.8) is 0 Å². The van der Waals surface area contributed by atoms with Crippen LogP contribution in [0, 0.1) is 5.92 Å². The SMILES string of the molecule is CC(C)COC(=O)OCC1(O)OCC2(F)C(=O)C12O. The molecule has 2 N–H and O–H groups in total. The van der Waals surface area contributed by atoms with E-state index in [0.717, 1.165) is 0 Å². The van der Waals surface area contributed by atoms with E-state index in [2.05, 4.69) is 14.2 Å². The molecule has 0 bridgehead atoms. The Morgan fingerprint density at radius 2 is 2.11 bits per heavy atom. The van der Waals surface area contributed by atoms with Crippen LogP contribution in [0.2, 0.25) is 0 Å². The fourth-order valence-corrected chi connectivity index (χ4v) is 1.94. The number of hydrogen-bond donors (Lipinski definition) is 2. The standard InChI is InChI=1S/C11H15FO7/c1-6(2)3-17-8(14)18-5-10(15)11(16)7(13)9(11,12)4-19-10/h6,15-16H,3-5H2,1-2H3. The van der Waals surface area contributed by atoms with Gasteiger partial charge in [-0.05, 0) is 5.92 Å². The lowest BCUT2D eigenvalue weighted by molar-refractivity contribution is -0.252. The molecule has 2 fully saturated rings. The molecule has 0 aromatic carbocycles. The van der Waals surface area contributed by atoms with Gasteiger partial charge in [0.2, 0.25) is 22.8 Å². The molecule has 0 amide bonds. The molecule has 0 aromatic rings. The summed E-state index contributed by atoms with van der Waals surface area (Å²) >= 11 is 0. The summed E-state index contributed by atoms with van der Waals surface area (Å²) in [6.45, 7) is 2.06. The van der Waals surface area contributed by atoms with Crippen molar-refractivity contribution in [2.24, 2.45) is 5.92 Å². The largest absolute Gasteiger partial charge is 0.508 e. The van der Waals surface area contributed by atoms with E-state index in [1.54, 1.807) is 0 Å². The van der Waals surface area contributed by atoms with Crippen LogP contribution in [0.15, 0.2) is 0 Å². The monoisotopic (exact) mass is 278 g/mol. The number of alkyl halides is 1. The van der Waals surface area contributed by atoms with Crippen molar-refractivity contribution >= 4 is 11.9 Å². The number of halogens is 1. The molecule has 7 nitrogen and oxygen atoms in total. The van der Waals surface area contributed by atoms with E-state index in [0.29, 0.717) is 0 Å². The first-order chi connectivity index (χ1) is 8.67. The predicted octanol–water partition coefficient (Wildman–Crippen LogP) is -0.463. The van der Waals surface area contributed by atoms with Crippen molar-refractivity contribution in [2.75, 3.05) is 19.8 Å². The van der Waals surface area contributed by atoms with E-state index in [1.165, 1.54) is 0 Å². The van der Waals surface area contributed by atoms with Gasteiger partial charge in [-0.25, -0.2) is 9.18 Å². The van der Waals surface area contributed by atoms with E-state index in [1.807, 2.05) is 13.8 Å². The highest BCUT2D eigenvalue weighted by molar-refractivity contribution is 6.16. The Morgan fingerprint density at radius 1 is 1.47 bits per heavy atom. The van der Waals surface area contributed by atoms with E-state index in [4.69, 9.17) is 0 Å². The molecule has 1 aliphatic heterocycles. The van der Waals surface area contributed by atoms with E-state index in [-0.39, 0.29) is 12.5 Å². The number of Topliss-reactive ketones (excluding diaryl/α,β-unsaturated/α-hetero) is 1. The minimum absolute atomic E-state index is 0.0889. The minimum Gasteiger partial charge on any atom is -0.434 e. The van der Waals surface area contributed by atoms with E-state index >= 15 is 0 Å². The zero-order valence-corrected chi connectivity index (χ0v) is 10.5. The molecule has 1 saturated carbocycles. The predicted molar refractivity (Wildman–Crippen MR) is 56.8 cm³/mol. The summed E-state index contributed by atoms with van der Waals surface area (Å²) in [6.07, 6.45) is -1.10. The topological polar surface area (TPSA) is 102 Å². The Kier molecular flexibility index (Phi) is 3.07. The number of ether oxygens (including phenoxy) is 3. The van der Waals surface area contributed by atoms with Crippen molar-refractivity contribution in [3.8, 4) is 0 Å². The average Bonchev–Trinajstić information content (AvgIpc) is 2.68. The molecular weight excluding hydrogens is 263 g/mol. The molecule has 19 heavy (non-hydrogen) atoms. The van der Waals surface area contributed by atoms with Gasteiger partial charge < -0.3 is 24.4 Å². The maximum absolute atomic E-state index is 13.7. The zero-order chi connectivity index (χ0) is 14.5. The first-order valence-electron chi connectivity index (χ1n) is 5.79. The van der Waals surface area contributed by atoms with Crippen LogP contribution in [0.4, 0.5) is 9.18 Å². The van der Waals surface area contributed by atoms with E-state index in [9.17, 15) is 24.2 Å². The Hall–Kier alpha value is -1.25. The lowest BCUT2D eigenvalue weighted by Crippen LogP contribution is -2.50. The highest BCUT2D eigenvalue weighted by Gasteiger charge is 2.92. The third-order valence-corrected chi connectivity index (χ3v) is 3.19. The van der Waals surface area contributed by atoms with Gasteiger partial charge >= 0.3 is 6.16 Å². The van der Waals surface area contributed by atoms with Crippen molar-refractivity contribution in [2.45, 2.75) is 30.9 Å². The highest BCUT2D eigenvalue weighted by atomic mass is 19.1. The number of ketones is 1. The molecule has 0 aromatic heterocycles. The smallest absolute Gasteiger partial charge is 0.434 e. The Labute approximate surface area is 108 Å². The second kappa shape index (κ2) is 4.12. The summed E-state index contributed by atoms with van der Waals surface area (Å²) < 4.78 is 27.5. The van der Waals surface area contributed by atoms with Crippen LogP contribution in [0.25, 0.3) is 0 Å². The zero-order valence-electron chi connectivity index (χ0n) is 10.5. The maximum atomic E-state index is 13.7. The molecule has 3 unspecified atom stereocenters. The Morgan fingerprint density at radius 3 is 2.58 bits per heavy atom. The lowest BCUT2D eigenvalue weighted by Gasteiger charge is -2.25. The first-order valence-corrected chi connectivity index (χ1v) is 5.79. The third kappa shape index (κ3) is 1.82. The fourth-order valence-electron chi connectivity index (χ4n) is 1.94. The number of hydrogen-bond acceptors (Lipinski definition) is 7. The number of carbonyl (C=O) groups is 2. The lowest BCUT2D eigenvalue weighted by atomic mass is 10.1. The number of aliphatic hydroxyl groups is 2. The normalized spacial score (nSPS) is 40.2. The highest BCUT2D eigenvalue weighted by Crippen LogP contribution is 2.59. The third-order valence-electron chi connectivity index (χ3n) is 3.19. The molecule has 0 radical (unpaired) electrons. The van der Waals surface area contributed by atoms with Crippen molar-refractivity contribution in [3.05, 3.63) is 0 Å². The molecule has 0 spiro atoms. The summed E-state index contributed by atoms with van der Waals surface area (Å²) in [5.41, 5.74) is -5.29. The van der Waals surface area contributed by atoms with Crippen molar-refractivity contribution < 1.29 is 38.4 Å². The Balaban J connectivity index is 1.90. The fraction of sp³-hybridized carbons (Fsp3) is 0.818. The second-order valence-corrected chi connectivity index (χ2v) is 5.16. The maximum Gasteiger partial charge on any atom is 0.508 e. The minimum atomic E-state index is -2.67. The van der Waals surface area contributed by atoms with Crippen molar-refractivity contribution in [1.29, 1.82) is 0 Å². The van der Waals surface area contributed by atoms with Crippen molar-refractivity contribution in [1.82, 2.24) is 0 Å². The number of rotatable bonds is 4. The van der Waals surface area contributed by atoms with Crippen LogP contribution < -0.4 is 0 Å². The van der Waals surface area contributed by atoms with Gasteiger partial charge in [-0.3, -0.25) is 4.79 Å². The van der Waals surface area contributed by atoms with E-state index < -0.39 is 42.2 Å². The van der Waals surface area contributed by atoms with Gasteiger partial charge in [-0.2, -0.15) is 0 Å². The molecule has 1 aliphatic carbocycles. The van der Waals surface area contributed by atoms with Crippen LogP contribution in [0.5, 0.6) is 0 Å². The van der Waals surface area contributed by atoms with Crippen LogP contribution in [0.1, 0.15) is 13.8 Å². The van der Waals surface area contributed by atoms with Crippen LogP contribution in [-0.2, 0) is 19.0 Å². The Bertz CT molecular complexity index is 425. The number of carbonyl (C=O) groups excluding carboxylic acids is 2. The molecule has 2 rings (SSSR count).